The van der Waals surface area contributed by atoms with Crippen LogP contribution in [0.2, 0.25) is 0 Å². The monoisotopic (exact) mass is 277 g/mol. The normalized spacial score (nSPS) is 14.1. The third kappa shape index (κ3) is 3.08. The van der Waals surface area contributed by atoms with Crippen molar-refractivity contribution < 1.29 is 18.6 Å². The quantitative estimate of drug-likeness (QED) is 0.695. The van der Waals surface area contributed by atoms with Crippen LogP contribution in [0.15, 0.2) is 6.20 Å². The van der Waals surface area contributed by atoms with E-state index in [0.717, 1.165) is 8.39 Å². The Labute approximate surface area is 107 Å². The maximum atomic E-state index is 12.0. The second-order valence-electron chi connectivity index (χ2n) is 4.28. The van der Waals surface area contributed by atoms with E-state index < -0.39 is 16.3 Å². The van der Waals surface area contributed by atoms with Gasteiger partial charge in [0.2, 0.25) is 0 Å². The maximum absolute atomic E-state index is 12.0. The van der Waals surface area contributed by atoms with Gasteiger partial charge in [-0.05, 0) is 18.9 Å². The Hall–Kier alpha value is -0.960. The molecule has 2 N–H and O–H groups in total. The first-order valence-corrected chi connectivity index (χ1v) is 6.98. The van der Waals surface area contributed by atoms with Crippen molar-refractivity contribution in [1.82, 2.24) is 13.5 Å². The van der Waals surface area contributed by atoms with E-state index in [2.05, 4.69) is 5.10 Å². The molecule has 0 spiro atoms. The number of aromatic nitrogens is 2. The lowest BCUT2D eigenvalue weighted by Crippen LogP contribution is -2.31. The van der Waals surface area contributed by atoms with Gasteiger partial charge < -0.3 is 10.2 Å². The lowest BCUT2D eigenvalue weighted by atomic mass is 10.1. The van der Waals surface area contributed by atoms with E-state index in [1.165, 1.54) is 20.3 Å². The predicted octanol–water partition coefficient (Wildman–Crippen LogP) is -1.00. The summed E-state index contributed by atoms with van der Waals surface area (Å²) in [6.45, 7) is 1.48. The van der Waals surface area contributed by atoms with Crippen LogP contribution in [0, 0.1) is 0 Å². The zero-order chi connectivity index (χ0) is 13.9. The first kappa shape index (κ1) is 15.1. The number of aliphatic hydroxyl groups excluding tert-OH is 2. The van der Waals surface area contributed by atoms with Crippen LogP contribution in [-0.4, -0.2) is 58.9 Å². The topological polar surface area (TPSA) is 95.7 Å². The minimum absolute atomic E-state index is 0.0967. The van der Waals surface area contributed by atoms with Gasteiger partial charge in [-0.1, -0.05) is 0 Å². The van der Waals surface area contributed by atoms with Crippen LogP contribution in [0.5, 0.6) is 0 Å². The zero-order valence-electron chi connectivity index (χ0n) is 10.7. The van der Waals surface area contributed by atoms with Gasteiger partial charge in [0.05, 0.1) is 18.0 Å². The fourth-order valence-electron chi connectivity index (χ4n) is 1.56. The van der Waals surface area contributed by atoms with E-state index in [0.29, 0.717) is 17.7 Å². The number of aliphatic hydroxyl groups is 2. The second kappa shape index (κ2) is 5.79. The van der Waals surface area contributed by atoms with Crippen molar-refractivity contribution in [3.05, 3.63) is 17.5 Å². The van der Waals surface area contributed by atoms with E-state index >= 15 is 0 Å². The van der Waals surface area contributed by atoms with Crippen molar-refractivity contribution in [3.8, 4) is 0 Å². The van der Waals surface area contributed by atoms with E-state index in [9.17, 15) is 13.5 Å². The summed E-state index contributed by atoms with van der Waals surface area (Å²) in [4.78, 5) is 0. The van der Waals surface area contributed by atoms with Crippen LogP contribution >= 0.6 is 0 Å². The van der Waals surface area contributed by atoms with Crippen LogP contribution in [0.4, 0.5) is 0 Å². The molecule has 1 heterocycles. The first-order chi connectivity index (χ1) is 8.30. The molecule has 1 aromatic rings. The van der Waals surface area contributed by atoms with Gasteiger partial charge in [0.25, 0.3) is 0 Å². The van der Waals surface area contributed by atoms with Crippen molar-refractivity contribution in [2.75, 3.05) is 20.7 Å². The molecule has 0 saturated heterocycles. The smallest absolute Gasteiger partial charge is 0.322 e. The predicted molar refractivity (Wildman–Crippen MR) is 66.4 cm³/mol. The van der Waals surface area contributed by atoms with Crippen molar-refractivity contribution in [1.29, 1.82) is 0 Å². The van der Waals surface area contributed by atoms with E-state index in [4.69, 9.17) is 5.11 Å². The molecule has 1 rings (SSSR count). The number of hydrogen-bond donors (Lipinski definition) is 2. The summed E-state index contributed by atoms with van der Waals surface area (Å²) >= 11 is 0. The zero-order valence-corrected chi connectivity index (χ0v) is 11.6. The molecule has 0 bridgehead atoms. The van der Waals surface area contributed by atoms with Gasteiger partial charge in [0, 0.05) is 27.1 Å². The average Bonchev–Trinajstić information content (AvgIpc) is 2.61. The van der Waals surface area contributed by atoms with E-state index in [1.54, 1.807) is 6.92 Å². The minimum Gasteiger partial charge on any atom is -0.396 e. The summed E-state index contributed by atoms with van der Waals surface area (Å²) in [5.74, 6) is 0. The van der Waals surface area contributed by atoms with E-state index in [-0.39, 0.29) is 13.0 Å². The third-order valence-electron chi connectivity index (χ3n) is 2.47. The summed E-state index contributed by atoms with van der Waals surface area (Å²) in [6.07, 6.45) is 1.21. The third-order valence-corrected chi connectivity index (χ3v) is 4.14. The van der Waals surface area contributed by atoms with Gasteiger partial charge in [-0.3, -0.25) is 0 Å². The fraction of sp³-hybridized carbons (Fsp3) is 0.700. The highest BCUT2D eigenvalue weighted by Crippen LogP contribution is 2.15. The fourth-order valence-corrected chi connectivity index (χ4v) is 2.51. The highest BCUT2D eigenvalue weighted by molar-refractivity contribution is 7.87. The van der Waals surface area contributed by atoms with Gasteiger partial charge in [-0.2, -0.15) is 17.8 Å². The molecule has 0 unspecified atom stereocenters. The van der Waals surface area contributed by atoms with Crippen molar-refractivity contribution in [2.24, 2.45) is 0 Å². The molecular formula is C10H19N3O4S. The van der Waals surface area contributed by atoms with Crippen LogP contribution in [0.25, 0.3) is 0 Å². The molecule has 0 aromatic carbocycles. The lowest BCUT2D eigenvalue weighted by Gasteiger charge is -2.15. The van der Waals surface area contributed by atoms with Crippen LogP contribution < -0.4 is 0 Å². The first-order valence-electron chi connectivity index (χ1n) is 5.58. The van der Waals surface area contributed by atoms with Crippen molar-refractivity contribution in [3.63, 3.8) is 0 Å². The molecule has 0 aliphatic carbocycles. The van der Waals surface area contributed by atoms with Gasteiger partial charge in [0.1, 0.15) is 0 Å². The highest BCUT2D eigenvalue weighted by Gasteiger charge is 2.24. The molecule has 0 aliphatic rings. The molecule has 0 fully saturated rings. The molecule has 7 nitrogen and oxygen atoms in total. The Kier molecular flexibility index (Phi) is 4.85. The van der Waals surface area contributed by atoms with Gasteiger partial charge in [-0.15, -0.1) is 4.09 Å². The summed E-state index contributed by atoms with van der Waals surface area (Å²) in [5, 5.41) is 22.2. The van der Waals surface area contributed by atoms with Crippen LogP contribution in [0.1, 0.15) is 18.2 Å². The highest BCUT2D eigenvalue weighted by atomic mass is 32.2. The lowest BCUT2D eigenvalue weighted by molar-refractivity contribution is 0.193. The molecule has 0 aliphatic heterocycles. The Morgan fingerprint density at radius 2 is 2.11 bits per heavy atom. The Morgan fingerprint density at radius 3 is 2.56 bits per heavy atom. The SMILES string of the molecule is C[C@@H](O)Cc1c(CCO)cnn1S(=O)(=O)N(C)C. The second-order valence-corrected chi connectivity index (χ2v) is 6.25. The molecule has 8 heteroatoms. The van der Waals surface area contributed by atoms with Crippen LogP contribution in [-0.2, 0) is 23.1 Å². The van der Waals surface area contributed by atoms with Crippen molar-refractivity contribution >= 4 is 10.2 Å². The standard InChI is InChI=1S/C10H19N3O4S/c1-8(15)6-10-9(4-5-14)7-11-13(10)18(16,17)12(2)3/h7-8,14-15H,4-6H2,1-3H3/t8-/m1/s1. The summed E-state index contributed by atoms with van der Waals surface area (Å²) in [5.41, 5.74) is 1.04. The molecule has 104 valence electrons. The van der Waals surface area contributed by atoms with Crippen LogP contribution in [0.3, 0.4) is 0 Å². The number of hydrogen-bond acceptors (Lipinski definition) is 5. The summed E-state index contributed by atoms with van der Waals surface area (Å²) in [6, 6.07) is 0. The molecule has 1 aromatic heterocycles. The Bertz CT molecular complexity index is 493. The average molecular weight is 277 g/mol. The molecule has 0 radical (unpaired) electrons. The summed E-state index contributed by atoms with van der Waals surface area (Å²) < 4.78 is 26.0. The molecule has 1 atom stereocenters. The van der Waals surface area contributed by atoms with Gasteiger partial charge in [-0.25, -0.2) is 0 Å². The summed E-state index contributed by atoms with van der Waals surface area (Å²) in [7, 11) is -0.881. The Morgan fingerprint density at radius 1 is 1.50 bits per heavy atom. The van der Waals surface area contributed by atoms with Gasteiger partial charge >= 0.3 is 10.2 Å². The molecule has 0 saturated carbocycles. The number of nitrogens with zero attached hydrogens (tertiary/aromatic N) is 3. The largest absolute Gasteiger partial charge is 0.396 e. The molecular weight excluding hydrogens is 258 g/mol. The number of rotatable bonds is 6. The van der Waals surface area contributed by atoms with Gasteiger partial charge in [0.15, 0.2) is 0 Å². The molecule has 18 heavy (non-hydrogen) atoms. The van der Waals surface area contributed by atoms with Crippen molar-refractivity contribution in [2.45, 2.75) is 25.9 Å². The maximum Gasteiger partial charge on any atom is 0.322 e. The minimum atomic E-state index is -3.70. The van der Waals surface area contributed by atoms with E-state index in [1.807, 2.05) is 0 Å². The Balaban J connectivity index is 3.28. The molecule has 0 amide bonds.